The largest absolute Gasteiger partial charge is 0.393 e. The van der Waals surface area contributed by atoms with Gasteiger partial charge in [0.15, 0.2) is 0 Å². The molecule has 0 saturated carbocycles. The molecule has 0 bridgehead atoms. The molecule has 2 aromatic rings. The predicted octanol–water partition coefficient (Wildman–Crippen LogP) is 3.43. The summed E-state index contributed by atoms with van der Waals surface area (Å²) in [5, 5.41) is 12.4. The fourth-order valence-corrected chi connectivity index (χ4v) is 3.15. The summed E-state index contributed by atoms with van der Waals surface area (Å²) >= 11 is 1.51. The minimum absolute atomic E-state index is 0.217. The molecule has 0 amide bonds. The van der Waals surface area contributed by atoms with Crippen molar-refractivity contribution in [2.45, 2.75) is 20.0 Å². The number of fused-ring (bicyclic) bond motifs is 1. The number of thiophene rings is 1. The first-order chi connectivity index (χ1) is 10.2. The average Bonchev–Trinajstić information content (AvgIpc) is 2.94. The number of hydrogen-bond donors (Lipinski definition) is 1. The maximum Gasteiger partial charge on any atom is 0.130 e. The van der Waals surface area contributed by atoms with Gasteiger partial charge in [-0.3, -0.25) is 0 Å². The molecule has 0 spiro atoms. The van der Waals surface area contributed by atoms with Gasteiger partial charge in [0.05, 0.1) is 13.2 Å². The molecule has 5 heteroatoms. The summed E-state index contributed by atoms with van der Waals surface area (Å²) in [5.41, 5.74) is 0.433. The normalized spacial score (nSPS) is 13.2. The number of halogens is 1. The summed E-state index contributed by atoms with van der Waals surface area (Å²) in [7, 11) is 0. The van der Waals surface area contributed by atoms with Crippen molar-refractivity contribution in [1.82, 2.24) is 4.90 Å². The molecule has 0 aliphatic rings. The highest BCUT2D eigenvalue weighted by atomic mass is 32.1. The van der Waals surface area contributed by atoms with E-state index in [4.69, 9.17) is 4.74 Å². The Kier molecular flexibility index (Phi) is 6.11. The van der Waals surface area contributed by atoms with Crippen LogP contribution in [0.15, 0.2) is 23.6 Å². The Morgan fingerprint density at radius 2 is 2.10 bits per heavy atom. The van der Waals surface area contributed by atoms with Gasteiger partial charge in [0.2, 0.25) is 0 Å². The number of hydrogen-bond acceptors (Lipinski definition) is 4. The van der Waals surface area contributed by atoms with Gasteiger partial charge < -0.3 is 14.7 Å². The minimum atomic E-state index is -0.607. The fraction of sp³-hybridized carbons (Fsp3) is 0.500. The summed E-state index contributed by atoms with van der Waals surface area (Å²) in [4.78, 5) is 2.23. The number of benzene rings is 1. The van der Waals surface area contributed by atoms with Crippen molar-refractivity contribution in [3.05, 3.63) is 35.0 Å². The second kappa shape index (κ2) is 7.84. The molecule has 3 nitrogen and oxygen atoms in total. The molecule has 1 heterocycles. The Morgan fingerprint density at radius 3 is 2.76 bits per heavy atom. The van der Waals surface area contributed by atoms with Crippen LogP contribution in [0.5, 0.6) is 0 Å². The van der Waals surface area contributed by atoms with Crippen LogP contribution >= 0.6 is 11.3 Å². The second-order valence-electron chi connectivity index (χ2n) is 4.90. The Bertz CT molecular complexity index is 568. The minimum Gasteiger partial charge on any atom is -0.393 e. The molecule has 0 aliphatic carbocycles. The third-order valence-electron chi connectivity index (χ3n) is 3.71. The van der Waals surface area contributed by atoms with Crippen molar-refractivity contribution < 1.29 is 14.2 Å². The highest BCUT2D eigenvalue weighted by Crippen LogP contribution is 2.28. The molecule has 1 unspecified atom stereocenters. The SMILES string of the molecule is CCN(CC)CCOC(CO)c1cc2ccsc2cc1F. The third-order valence-corrected chi connectivity index (χ3v) is 4.59. The van der Waals surface area contributed by atoms with Gasteiger partial charge in [-0.15, -0.1) is 11.3 Å². The van der Waals surface area contributed by atoms with Crippen molar-refractivity contribution in [2.75, 3.05) is 32.8 Å². The van der Waals surface area contributed by atoms with Gasteiger partial charge in [-0.05, 0) is 42.1 Å². The van der Waals surface area contributed by atoms with Crippen molar-refractivity contribution in [3.63, 3.8) is 0 Å². The summed E-state index contributed by atoms with van der Waals surface area (Å²) in [6, 6.07) is 5.25. The monoisotopic (exact) mass is 311 g/mol. The van der Waals surface area contributed by atoms with E-state index in [1.165, 1.54) is 17.4 Å². The number of rotatable bonds is 8. The Morgan fingerprint density at radius 1 is 1.33 bits per heavy atom. The van der Waals surface area contributed by atoms with E-state index in [1.54, 1.807) is 6.07 Å². The van der Waals surface area contributed by atoms with Crippen molar-refractivity contribution >= 4 is 21.4 Å². The van der Waals surface area contributed by atoms with Gasteiger partial charge in [-0.25, -0.2) is 4.39 Å². The van der Waals surface area contributed by atoms with Crippen LogP contribution in [-0.2, 0) is 4.74 Å². The van der Waals surface area contributed by atoms with Crippen LogP contribution in [-0.4, -0.2) is 42.9 Å². The van der Waals surface area contributed by atoms with Crippen LogP contribution in [0.1, 0.15) is 25.5 Å². The van der Waals surface area contributed by atoms with Crippen LogP contribution < -0.4 is 0 Å². The van der Waals surface area contributed by atoms with Gasteiger partial charge >= 0.3 is 0 Å². The quantitative estimate of drug-likeness (QED) is 0.811. The summed E-state index contributed by atoms with van der Waals surface area (Å²) in [6.07, 6.45) is -0.607. The van der Waals surface area contributed by atoms with Crippen LogP contribution in [0.3, 0.4) is 0 Å². The number of ether oxygens (including phenoxy) is 1. The molecular weight excluding hydrogens is 289 g/mol. The van der Waals surface area contributed by atoms with E-state index < -0.39 is 6.10 Å². The van der Waals surface area contributed by atoms with Crippen LogP contribution in [0.2, 0.25) is 0 Å². The Hall–Kier alpha value is -1.01. The lowest BCUT2D eigenvalue weighted by atomic mass is 10.1. The lowest BCUT2D eigenvalue weighted by Crippen LogP contribution is -2.28. The number of nitrogens with zero attached hydrogens (tertiary/aromatic N) is 1. The van der Waals surface area contributed by atoms with Crippen molar-refractivity contribution in [2.24, 2.45) is 0 Å². The Labute approximate surface area is 129 Å². The second-order valence-corrected chi connectivity index (χ2v) is 5.85. The number of aliphatic hydroxyl groups is 1. The molecule has 0 aliphatic heterocycles. The van der Waals surface area contributed by atoms with E-state index in [1.807, 2.05) is 11.4 Å². The third kappa shape index (κ3) is 4.01. The van der Waals surface area contributed by atoms with Crippen molar-refractivity contribution in [1.29, 1.82) is 0 Å². The molecule has 1 aromatic carbocycles. The van der Waals surface area contributed by atoms with Gasteiger partial charge in [-0.1, -0.05) is 13.8 Å². The molecule has 2 rings (SSSR count). The lowest BCUT2D eigenvalue weighted by molar-refractivity contribution is 0.000807. The lowest BCUT2D eigenvalue weighted by Gasteiger charge is -2.21. The van der Waals surface area contributed by atoms with Crippen LogP contribution in [0.4, 0.5) is 4.39 Å². The molecule has 1 aromatic heterocycles. The van der Waals surface area contributed by atoms with E-state index in [-0.39, 0.29) is 12.4 Å². The zero-order chi connectivity index (χ0) is 15.2. The molecule has 1 atom stereocenters. The maximum absolute atomic E-state index is 14.2. The molecule has 1 N–H and O–H groups in total. The van der Waals surface area contributed by atoms with E-state index in [9.17, 15) is 9.50 Å². The number of likely N-dealkylation sites (N-methyl/N-ethyl adjacent to an activating group) is 1. The van der Waals surface area contributed by atoms with E-state index in [0.717, 1.165) is 29.7 Å². The molecule has 0 radical (unpaired) electrons. The Balaban J connectivity index is 2.06. The van der Waals surface area contributed by atoms with Gasteiger partial charge in [-0.2, -0.15) is 0 Å². The first-order valence-corrected chi connectivity index (χ1v) is 8.19. The van der Waals surface area contributed by atoms with Crippen LogP contribution in [0, 0.1) is 5.82 Å². The maximum atomic E-state index is 14.2. The highest BCUT2D eigenvalue weighted by Gasteiger charge is 2.17. The van der Waals surface area contributed by atoms with E-state index in [2.05, 4.69) is 18.7 Å². The van der Waals surface area contributed by atoms with E-state index >= 15 is 0 Å². The van der Waals surface area contributed by atoms with Gasteiger partial charge in [0, 0.05) is 16.8 Å². The van der Waals surface area contributed by atoms with Crippen molar-refractivity contribution in [3.8, 4) is 0 Å². The first-order valence-electron chi connectivity index (χ1n) is 7.31. The zero-order valence-electron chi connectivity index (χ0n) is 12.5. The van der Waals surface area contributed by atoms with Gasteiger partial charge in [0.1, 0.15) is 11.9 Å². The summed E-state index contributed by atoms with van der Waals surface area (Å²) < 4.78 is 20.8. The summed E-state index contributed by atoms with van der Waals surface area (Å²) in [6.45, 7) is 7.15. The molecule has 21 heavy (non-hydrogen) atoms. The standard InChI is InChI=1S/C16H22FNO2S/c1-3-18(4-2)6-7-20-15(11-19)13-9-12-5-8-21-16(12)10-14(13)17/h5,8-10,15,19H,3-4,6-7,11H2,1-2H3. The smallest absolute Gasteiger partial charge is 0.130 e. The zero-order valence-corrected chi connectivity index (χ0v) is 13.3. The van der Waals surface area contributed by atoms with Crippen LogP contribution in [0.25, 0.3) is 10.1 Å². The molecular formula is C16H22FNO2S. The fourth-order valence-electron chi connectivity index (χ4n) is 2.35. The highest BCUT2D eigenvalue weighted by molar-refractivity contribution is 7.17. The average molecular weight is 311 g/mol. The predicted molar refractivity (Wildman–Crippen MR) is 85.3 cm³/mol. The van der Waals surface area contributed by atoms with E-state index in [0.29, 0.717) is 12.2 Å². The topological polar surface area (TPSA) is 32.7 Å². The number of aliphatic hydroxyl groups excluding tert-OH is 1. The summed E-state index contributed by atoms with van der Waals surface area (Å²) in [5.74, 6) is -0.313. The molecule has 116 valence electrons. The van der Waals surface area contributed by atoms with Gasteiger partial charge in [0.25, 0.3) is 0 Å². The molecule has 0 fully saturated rings. The molecule has 0 saturated heterocycles. The first kappa shape index (κ1) is 16.4.